The van der Waals surface area contributed by atoms with E-state index >= 15 is 0 Å². The molecule has 6 nitrogen and oxygen atoms in total. The summed E-state index contributed by atoms with van der Waals surface area (Å²) >= 11 is 0. The van der Waals surface area contributed by atoms with Crippen molar-refractivity contribution >= 4 is 11.8 Å². The number of aliphatic hydroxyl groups excluding tert-OH is 1. The van der Waals surface area contributed by atoms with E-state index in [1.54, 1.807) is 0 Å². The number of carboxylic acid groups (broad SMARTS) is 1. The van der Waals surface area contributed by atoms with Gasteiger partial charge in [0.2, 0.25) is 0 Å². The van der Waals surface area contributed by atoms with E-state index in [9.17, 15) is 9.90 Å². The average Bonchev–Trinajstić information content (AvgIpc) is 2.25. The highest BCUT2D eigenvalue weighted by atomic mass is 16.4. The Balaban J connectivity index is 2.56. The van der Waals surface area contributed by atoms with Crippen LogP contribution in [0.2, 0.25) is 0 Å². The van der Waals surface area contributed by atoms with E-state index in [2.05, 4.69) is 15.3 Å². The molecule has 0 aromatic carbocycles. The first-order chi connectivity index (χ1) is 7.80. The van der Waals surface area contributed by atoms with Crippen LogP contribution < -0.4 is 5.32 Å². The average molecular weight is 239 g/mol. The van der Waals surface area contributed by atoms with E-state index in [0.29, 0.717) is 12.4 Å². The van der Waals surface area contributed by atoms with Crippen molar-refractivity contribution in [3.63, 3.8) is 0 Å². The van der Waals surface area contributed by atoms with Gasteiger partial charge in [0.15, 0.2) is 5.69 Å². The maximum absolute atomic E-state index is 10.5. The van der Waals surface area contributed by atoms with Gasteiger partial charge in [-0.2, -0.15) is 0 Å². The molecule has 0 saturated heterocycles. The molecule has 0 radical (unpaired) electrons. The molecule has 94 valence electrons. The van der Waals surface area contributed by atoms with Gasteiger partial charge in [0.05, 0.1) is 18.5 Å². The first-order valence-electron chi connectivity index (χ1n) is 5.28. The molecule has 0 spiro atoms. The zero-order valence-corrected chi connectivity index (χ0v) is 10.1. The number of aromatic nitrogens is 2. The van der Waals surface area contributed by atoms with Crippen LogP contribution in [-0.4, -0.2) is 38.8 Å². The van der Waals surface area contributed by atoms with Crippen molar-refractivity contribution in [2.24, 2.45) is 5.41 Å². The predicted octanol–water partition coefficient (Wildman–Crippen LogP) is 0.994. The molecule has 0 bridgehead atoms. The molecular weight excluding hydrogens is 222 g/mol. The van der Waals surface area contributed by atoms with E-state index in [0.717, 1.165) is 0 Å². The molecule has 17 heavy (non-hydrogen) atoms. The summed E-state index contributed by atoms with van der Waals surface area (Å²) in [4.78, 5) is 18.1. The molecule has 3 N–H and O–H groups in total. The molecule has 1 unspecified atom stereocenters. The Bertz CT molecular complexity index is 384. The minimum Gasteiger partial charge on any atom is -0.476 e. The van der Waals surface area contributed by atoms with Gasteiger partial charge in [-0.3, -0.25) is 0 Å². The van der Waals surface area contributed by atoms with Gasteiger partial charge in [-0.15, -0.1) is 0 Å². The summed E-state index contributed by atoms with van der Waals surface area (Å²) in [6, 6.07) is 0. The molecular formula is C11H17N3O3. The van der Waals surface area contributed by atoms with Crippen molar-refractivity contribution in [2.45, 2.75) is 26.9 Å². The van der Waals surface area contributed by atoms with Crippen molar-refractivity contribution in [3.05, 3.63) is 18.1 Å². The molecule has 0 aliphatic heterocycles. The minimum absolute atomic E-state index is 0.105. The number of carboxylic acids is 1. The van der Waals surface area contributed by atoms with Crippen LogP contribution in [-0.2, 0) is 0 Å². The molecule has 0 fully saturated rings. The number of carbonyl (C=O) groups is 1. The topological polar surface area (TPSA) is 95.3 Å². The first kappa shape index (κ1) is 13.4. The standard InChI is InChI=1S/C11H17N3O3/c1-11(2,3)8(15)5-14-9-6-12-7(4-13-9)10(16)17/h4,6,8,15H,5H2,1-3H3,(H,13,14)(H,16,17). The summed E-state index contributed by atoms with van der Waals surface area (Å²) in [5.41, 5.74) is -0.326. The normalized spacial score (nSPS) is 13.2. The third kappa shape index (κ3) is 3.99. The molecule has 1 heterocycles. The van der Waals surface area contributed by atoms with Crippen molar-refractivity contribution < 1.29 is 15.0 Å². The lowest BCUT2D eigenvalue weighted by Gasteiger charge is -2.25. The summed E-state index contributed by atoms with van der Waals surface area (Å²) in [6.45, 7) is 6.13. The van der Waals surface area contributed by atoms with Crippen LogP contribution in [0.3, 0.4) is 0 Å². The predicted molar refractivity (Wildman–Crippen MR) is 62.9 cm³/mol. The number of hydrogen-bond acceptors (Lipinski definition) is 5. The van der Waals surface area contributed by atoms with Gasteiger partial charge < -0.3 is 15.5 Å². The number of aromatic carboxylic acids is 1. The third-order valence-corrected chi connectivity index (χ3v) is 2.35. The number of aliphatic hydroxyl groups is 1. The fourth-order valence-corrected chi connectivity index (χ4v) is 1.04. The first-order valence-corrected chi connectivity index (χ1v) is 5.28. The lowest BCUT2D eigenvalue weighted by molar-refractivity contribution is 0.0689. The largest absolute Gasteiger partial charge is 0.476 e. The van der Waals surface area contributed by atoms with Gasteiger partial charge in [-0.1, -0.05) is 20.8 Å². The van der Waals surface area contributed by atoms with E-state index in [1.807, 2.05) is 20.8 Å². The zero-order chi connectivity index (χ0) is 13.1. The molecule has 1 aromatic rings. The van der Waals surface area contributed by atoms with Gasteiger partial charge in [0.1, 0.15) is 5.82 Å². The highest BCUT2D eigenvalue weighted by Gasteiger charge is 2.21. The Hall–Kier alpha value is -1.69. The van der Waals surface area contributed by atoms with Crippen LogP contribution in [0.5, 0.6) is 0 Å². The highest BCUT2D eigenvalue weighted by Crippen LogP contribution is 2.19. The summed E-state index contributed by atoms with van der Waals surface area (Å²) in [7, 11) is 0. The molecule has 0 amide bonds. The monoisotopic (exact) mass is 239 g/mol. The molecule has 0 aliphatic rings. The number of rotatable bonds is 4. The fraction of sp³-hybridized carbons (Fsp3) is 0.545. The Kier molecular flexibility index (Phi) is 4.01. The number of nitrogens with one attached hydrogen (secondary N) is 1. The second-order valence-corrected chi connectivity index (χ2v) is 4.85. The minimum atomic E-state index is -1.11. The van der Waals surface area contributed by atoms with E-state index < -0.39 is 12.1 Å². The van der Waals surface area contributed by atoms with Crippen molar-refractivity contribution in [1.82, 2.24) is 9.97 Å². The summed E-state index contributed by atoms with van der Waals surface area (Å²) in [5.74, 6) is -0.669. The summed E-state index contributed by atoms with van der Waals surface area (Å²) in [5, 5.41) is 21.3. The Labute approximate surface area is 99.7 Å². The second kappa shape index (κ2) is 5.09. The van der Waals surface area contributed by atoms with Crippen LogP contribution in [0.1, 0.15) is 31.3 Å². The maximum Gasteiger partial charge on any atom is 0.356 e. The van der Waals surface area contributed by atoms with Crippen LogP contribution in [0.15, 0.2) is 12.4 Å². The molecule has 1 aromatic heterocycles. The molecule has 6 heteroatoms. The van der Waals surface area contributed by atoms with Gasteiger partial charge in [0, 0.05) is 6.54 Å². The van der Waals surface area contributed by atoms with Gasteiger partial charge in [0.25, 0.3) is 0 Å². The quantitative estimate of drug-likeness (QED) is 0.725. The van der Waals surface area contributed by atoms with Crippen LogP contribution in [0.25, 0.3) is 0 Å². The van der Waals surface area contributed by atoms with Crippen LogP contribution >= 0.6 is 0 Å². The van der Waals surface area contributed by atoms with E-state index in [4.69, 9.17) is 5.11 Å². The SMILES string of the molecule is CC(C)(C)C(O)CNc1cnc(C(=O)O)cn1. The molecule has 0 saturated carbocycles. The maximum atomic E-state index is 10.5. The lowest BCUT2D eigenvalue weighted by atomic mass is 9.89. The highest BCUT2D eigenvalue weighted by molar-refractivity contribution is 5.84. The Morgan fingerprint density at radius 2 is 2.06 bits per heavy atom. The van der Waals surface area contributed by atoms with Crippen LogP contribution in [0, 0.1) is 5.41 Å². The Morgan fingerprint density at radius 3 is 2.47 bits per heavy atom. The molecule has 0 aliphatic carbocycles. The number of anilines is 1. The fourth-order valence-electron chi connectivity index (χ4n) is 1.04. The van der Waals surface area contributed by atoms with Gasteiger partial charge >= 0.3 is 5.97 Å². The van der Waals surface area contributed by atoms with E-state index in [-0.39, 0.29) is 11.1 Å². The molecule has 1 rings (SSSR count). The summed E-state index contributed by atoms with van der Waals surface area (Å²) < 4.78 is 0. The zero-order valence-electron chi connectivity index (χ0n) is 10.1. The van der Waals surface area contributed by atoms with Crippen molar-refractivity contribution in [1.29, 1.82) is 0 Å². The molecule has 1 atom stereocenters. The van der Waals surface area contributed by atoms with Crippen molar-refractivity contribution in [2.75, 3.05) is 11.9 Å². The van der Waals surface area contributed by atoms with Gasteiger partial charge in [-0.25, -0.2) is 14.8 Å². The van der Waals surface area contributed by atoms with E-state index in [1.165, 1.54) is 12.4 Å². The smallest absolute Gasteiger partial charge is 0.356 e. The second-order valence-electron chi connectivity index (χ2n) is 4.85. The third-order valence-electron chi connectivity index (χ3n) is 2.35. The summed E-state index contributed by atoms with van der Waals surface area (Å²) in [6.07, 6.45) is 1.98. The number of hydrogen-bond donors (Lipinski definition) is 3. The van der Waals surface area contributed by atoms with Crippen LogP contribution in [0.4, 0.5) is 5.82 Å². The number of nitrogens with zero attached hydrogens (tertiary/aromatic N) is 2. The van der Waals surface area contributed by atoms with Gasteiger partial charge in [-0.05, 0) is 5.41 Å². The van der Waals surface area contributed by atoms with Crippen molar-refractivity contribution in [3.8, 4) is 0 Å². The Morgan fingerprint density at radius 1 is 1.41 bits per heavy atom. The lowest BCUT2D eigenvalue weighted by Crippen LogP contribution is -2.33.